The number of fused-ring (bicyclic) bond motifs is 1. The van der Waals surface area contributed by atoms with Gasteiger partial charge in [0.15, 0.2) is 5.82 Å². The molecule has 170 valence electrons. The van der Waals surface area contributed by atoms with E-state index in [1.54, 1.807) is 37.3 Å². The molecule has 0 saturated heterocycles. The van der Waals surface area contributed by atoms with Crippen molar-refractivity contribution in [3.05, 3.63) is 101 Å². The number of anilines is 1. The highest BCUT2D eigenvalue weighted by molar-refractivity contribution is 7.98. The van der Waals surface area contributed by atoms with Crippen molar-refractivity contribution in [3.8, 4) is 0 Å². The number of imidazole rings is 1. The van der Waals surface area contributed by atoms with Gasteiger partial charge in [0.2, 0.25) is 5.89 Å². The fourth-order valence-electron chi connectivity index (χ4n) is 3.57. The summed E-state index contributed by atoms with van der Waals surface area (Å²) in [7, 11) is 0. The van der Waals surface area contributed by atoms with E-state index >= 15 is 0 Å². The molecule has 0 aliphatic rings. The zero-order valence-corrected chi connectivity index (χ0v) is 19.0. The van der Waals surface area contributed by atoms with Crippen molar-refractivity contribution >= 4 is 34.4 Å². The van der Waals surface area contributed by atoms with Crippen molar-refractivity contribution in [1.82, 2.24) is 20.1 Å². The molecule has 0 atom stereocenters. The van der Waals surface area contributed by atoms with E-state index in [0.717, 1.165) is 15.9 Å². The molecule has 3 aromatic carbocycles. The Morgan fingerprint density at radius 1 is 1.09 bits per heavy atom. The lowest BCUT2D eigenvalue weighted by molar-refractivity contribution is 0.102. The summed E-state index contributed by atoms with van der Waals surface area (Å²) >= 11 is 1.47. The van der Waals surface area contributed by atoms with Crippen molar-refractivity contribution < 1.29 is 13.7 Å². The Kier molecular flexibility index (Phi) is 6.09. The molecule has 0 aliphatic heterocycles. The number of nitrogens with zero attached hydrogens (tertiary/aromatic N) is 3. The third-order valence-corrected chi connectivity index (χ3v) is 6.23. The molecular weight excluding hydrogens is 453 g/mol. The van der Waals surface area contributed by atoms with Gasteiger partial charge >= 0.3 is 0 Å². The van der Waals surface area contributed by atoms with Crippen LogP contribution in [0.3, 0.4) is 0 Å². The molecule has 5 aromatic rings. The molecule has 0 spiro atoms. The van der Waals surface area contributed by atoms with E-state index in [2.05, 4.69) is 25.4 Å². The first kappa shape index (κ1) is 21.8. The van der Waals surface area contributed by atoms with Crippen LogP contribution in [0.4, 0.5) is 10.1 Å². The second kappa shape index (κ2) is 9.48. The second-order valence-electron chi connectivity index (χ2n) is 7.65. The maximum absolute atomic E-state index is 14.0. The number of benzene rings is 3. The number of carbonyl (C=O) groups is 1. The molecule has 0 radical (unpaired) electrons. The molecule has 5 rings (SSSR count). The monoisotopic (exact) mass is 473 g/mol. The molecular formula is C25H20FN5O2S. The highest BCUT2D eigenvalue weighted by atomic mass is 32.2. The number of hydrogen-bond acceptors (Lipinski definition) is 6. The minimum absolute atomic E-state index is 0.224. The average molecular weight is 474 g/mol. The van der Waals surface area contributed by atoms with Crippen LogP contribution in [0.25, 0.3) is 11.0 Å². The van der Waals surface area contributed by atoms with Gasteiger partial charge in [-0.2, -0.15) is 4.98 Å². The fraction of sp³-hybridized carbons (Fsp3) is 0.120. The van der Waals surface area contributed by atoms with E-state index in [1.165, 1.54) is 17.8 Å². The summed E-state index contributed by atoms with van der Waals surface area (Å²) in [5.41, 5.74) is 3.26. The van der Waals surface area contributed by atoms with Crippen LogP contribution < -0.4 is 5.32 Å². The SMILES string of the molecule is Cc1nc(CSc2ccccc2C(=O)Nc2ccc3nc(Cc4ccccc4F)[nH]c3c2)no1. The number of nitrogens with one attached hydrogen (secondary N) is 2. The number of H-pyrrole nitrogens is 1. The quantitative estimate of drug-likeness (QED) is 0.302. The Bertz CT molecular complexity index is 1480. The van der Waals surface area contributed by atoms with Gasteiger partial charge in [0.05, 0.1) is 22.3 Å². The van der Waals surface area contributed by atoms with Gasteiger partial charge in [-0.15, -0.1) is 11.8 Å². The largest absolute Gasteiger partial charge is 0.342 e. The lowest BCUT2D eigenvalue weighted by Gasteiger charge is -2.09. The van der Waals surface area contributed by atoms with Crippen LogP contribution in [-0.2, 0) is 12.2 Å². The minimum Gasteiger partial charge on any atom is -0.342 e. The van der Waals surface area contributed by atoms with Crippen molar-refractivity contribution in [2.24, 2.45) is 0 Å². The number of rotatable bonds is 7. The van der Waals surface area contributed by atoms with Crippen LogP contribution in [0.2, 0.25) is 0 Å². The first-order chi connectivity index (χ1) is 16.5. The van der Waals surface area contributed by atoms with Gasteiger partial charge in [-0.25, -0.2) is 9.37 Å². The van der Waals surface area contributed by atoms with Gasteiger partial charge in [-0.05, 0) is 42.0 Å². The van der Waals surface area contributed by atoms with E-state index < -0.39 is 0 Å². The Labute approximate surface area is 198 Å². The number of aromatic amines is 1. The molecule has 0 fully saturated rings. The first-order valence-corrected chi connectivity index (χ1v) is 11.6. The summed E-state index contributed by atoms with van der Waals surface area (Å²) in [5.74, 6) is 1.75. The summed E-state index contributed by atoms with van der Waals surface area (Å²) < 4.78 is 19.0. The number of thioether (sulfide) groups is 1. The Morgan fingerprint density at radius 3 is 2.74 bits per heavy atom. The molecule has 0 saturated carbocycles. The topological polar surface area (TPSA) is 96.7 Å². The maximum Gasteiger partial charge on any atom is 0.256 e. The summed E-state index contributed by atoms with van der Waals surface area (Å²) in [6, 6.07) is 19.5. The summed E-state index contributed by atoms with van der Waals surface area (Å²) in [6.07, 6.45) is 0.355. The summed E-state index contributed by atoms with van der Waals surface area (Å²) in [4.78, 5) is 25.8. The summed E-state index contributed by atoms with van der Waals surface area (Å²) in [5, 5.41) is 6.85. The van der Waals surface area contributed by atoms with Crippen LogP contribution in [0.5, 0.6) is 0 Å². The van der Waals surface area contributed by atoms with Gasteiger partial charge in [-0.1, -0.05) is 35.5 Å². The zero-order valence-electron chi connectivity index (χ0n) is 18.2. The van der Waals surface area contributed by atoms with Crippen molar-refractivity contribution in [3.63, 3.8) is 0 Å². The number of carbonyl (C=O) groups excluding carboxylic acids is 1. The van der Waals surface area contributed by atoms with Gasteiger partial charge in [0.25, 0.3) is 5.91 Å². The third kappa shape index (κ3) is 4.84. The fourth-order valence-corrected chi connectivity index (χ4v) is 4.46. The molecule has 1 amide bonds. The van der Waals surface area contributed by atoms with Crippen molar-refractivity contribution in [2.45, 2.75) is 24.0 Å². The van der Waals surface area contributed by atoms with Gasteiger partial charge in [0.1, 0.15) is 11.6 Å². The third-order valence-electron chi connectivity index (χ3n) is 5.16. The predicted octanol–water partition coefficient (Wildman–Crippen LogP) is 5.53. The molecule has 34 heavy (non-hydrogen) atoms. The maximum atomic E-state index is 14.0. The van der Waals surface area contributed by atoms with E-state index in [1.807, 2.05) is 30.3 Å². The number of aryl methyl sites for hydroxylation is 1. The van der Waals surface area contributed by atoms with E-state index in [4.69, 9.17) is 4.52 Å². The minimum atomic E-state index is -0.262. The molecule has 0 unspecified atom stereocenters. The second-order valence-corrected chi connectivity index (χ2v) is 8.67. The zero-order chi connectivity index (χ0) is 23.5. The molecule has 9 heteroatoms. The first-order valence-electron chi connectivity index (χ1n) is 10.6. The molecule has 2 heterocycles. The van der Waals surface area contributed by atoms with E-state index in [9.17, 15) is 9.18 Å². The standard InChI is InChI=1S/C25H20FN5O2S/c1-15-27-24(31-33-15)14-34-22-9-5-3-7-18(22)25(32)28-17-10-11-20-21(13-17)30-23(29-20)12-16-6-2-4-8-19(16)26/h2-11,13H,12,14H2,1H3,(H,28,32)(H,29,30). The number of halogens is 1. The van der Waals surface area contributed by atoms with E-state index in [-0.39, 0.29) is 11.7 Å². The van der Waals surface area contributed by atoms with Crippen LogP contribution in [0, 0.1) is 12.7 Å². The van der Waals surface area contributed by atoms with Crippen LogP contribution in [-0.4, -0.2) is 26.0 Å². The Hall–Kier alpha value is -3.98. The molecule has 7 nitrogen and oxygen atoms in total. The molecule has 0 bridgehead atoms. The van der Waals surface area contributed by atoms with Crippen molar-refractivity contribution in [1.29, 1.82) is 0 Å². The predicted molar refractivity (Wildman–Crippen MR) is 128 cm³/mol. The Balaban J connectivity index is 1.31. The number of amides is 1. The molecule has 2 aromatic heterocycles. The Morgan fingerprint density at radius 2 is 1.91 bits per heavy atom. The van der Waals surface area contributed by atoms with Gasteiger partial charge in [0, 0.05) is 23.9 Å². The highest BCUT2D eigenvalue weighted by Crippen LogP contribution is 2.27. The van der Waals surface area contributed by atoms with Crippen molar-refractivity contribution in [2.75, 3.05) is 5.32 Å². The van der Waals surface area contributed by atoms with Crippen LogP contribution >= 0.6 is 11.8 Å². The highest BCUT2D eigenvalue weighted by Gasteiger charge is 2.14. The molecule has 0 aliphatic carbocycles. The lowest BCUT2D eigenvalue weighted by atomic mass is 10.1. The van der Waals surface area contributed by atoms with Gasteiger partial charge in [-0.3, -0.25) is 4.79 Å². The lowest BCUT2D eigenvalue weighted by Crippen LogP contribution is -2.13. The van der Waals surface area contributed by atoms with E-state index in [0.29, 0.717) is 46.5 Å². The van der Waals surface area contributed by atoms with Crippen LogP contribution in [0.15, 0.2) is 76.1 Å². The smallest absolute Gasteiger partial charge is 0.256 e. The van der Waals surface area contributed by atoms with Gasteiger partial charge < -0.3 is 14.8 Å². The number of aromatic nitrogens is 4. The average Bonchev–Trinajstić information content (AvgIpc) is 3.44. The summed E-state index contributed by atoms with van der Waals surface area (Å²) in [6.45, 7) is 1.74. The van der Waals surface area contributed by atoms with Crippen LogP contribution in [0.1, 0.15) is 33.5 Å². The normalized spacial score (nSPS) is 11.1. The number of hydrogen-bond donors (Lipinski definition) is 2. The molecule has 2 N–H and O–H groups in total.